The van der Waals surface area contributed by atoms with Crippen molar-refractivity contribution in [3.63, 3.8) is 0 Å². The van der Waals surface area contributed by atoms with Crippen LogP contribution in [0.25, 0.3) is 0 Å². The fraction of sp³-hybridized carbons (Fsp3) is 0. The molecule has 0 saturated carbocycles. The molecule has 0 aliphatic carbocycles. The summed E-state index contributed by atoms with van der Waals surface area (Å²) < 4.78 is 0. The molecule has 0 aromatic carbocycles. The third kappa shape index (κ3) is 12.6. The van der Waals surface area contributed by atoms with Crippen molar-refractivity contribution in [3.8, 4) is 0 Å². The summed E-state index contributed by atoms with van der Waals surface area (Å²) in [6.07, 6.45) is 0. The van der Waals surface area contributed by atoms with Gasteiger partial charge in [0.25, 0.3) is 0 Å². The molecular weight excluding hydrogens is 154 g/mol. The molecule has 0 bridgehead atoms. The predicted octanol–water partition coefficient (Wildman–Crippen LogP) is -0.359. The van der Waals surface area contributed by atoms with E-state index in [0.29, 0.717) is 0 Å². The quantitative estimate of drug-likeness (QED) is 0.450. The van der Waals surface area contributed by atoms with E-state index in [2.05, 4.69) is 0 Å². The SMILES string of the molecule is [Cu].[Ni+2].[OH-].[OH-]. The summed E-state index contributed by atoms with van der Waals surface area (Å²) in [4.78, 5) is 0. The standard InChI is InChI=1S/Cu.Ni.2H2O/h;;2*1H2/q;+2;;/p-2. The van der Waals surface area contributed by atoms with Crippen molar-refractivity contribution >= 4 is 0 Å². The largest absolute Gasteiger partial charge is 2.00 e. The van der Waals surface area contributed by atoms with E-state index in [1.807, 2.05) is 0 Å². The van der Waals surface area contributed by atoms with Crippen molar-refractivity contribution in [2.24, 2.45) is 0 Å². The normalized spacial score (nSPS) is 0. The van der Waals surface area contributed by atoms with Gasteiger partial charge in [0.2, 0.25) is 0 Å². The summed E-state index contributed by atoms with van der Waals surface area (Å²) in [6, 6.07) is 0. The van der Waals surface area contributed by atoms with E-state index in [1.165, 1.54) is 0 Å². The van der Waals surface area contributed by atoms with Gasteiger partial charge in [0.15, 0.2) is 0 Å². The number of rotatable bonds is 0. The van der Waals surface area contributed by atoms with Crippen LogP contribution in [0.1, 0.15) is 0 Å². The van der Waals surface area contributed by atoms with Crippen molar-refractivity contribution in [1.82, 2.24) is 0 Å². The maximum absolute atomic E-state index is 0. The molecule has 0 unspecified atom stereocenters. The van der Waals surface area contributed by atoms with E-state index in [0.717, 1.165) is 0 Å². The second kappa shape index (κ2) is 38.9. The minimum absolute atomic E-state index is 0. The molecule has 0 atom stereocenters. The Hall–Kier alpha value is 0.933. The third-order valence-electron chi connectivity index (χ3n) is 0. The van der Waals surface area contributed by atoms with Crippen molar-refractivity contribution in [2.45, 2.75) is 0 Å². The van der Waals surface area contributed by atoms with Gasteiger partial charge in [0, 0.05) is 17.1 Å². The summed E-state index contributed by atoms with van der Waals surface area (Å²) >= 11 is 0. The zero-order chi connectivity index (χ0) is 0. The van der Waals surface area contributed by atoms with E-state index in [1.54, 1.807) is 0 Å². The van der Waals surface area contributed by atoms with Gasteiger partial charge in [-0.15, -0.1) is 0 Å². The average Bonchev–Trinajstić information content (AvgIpc) is 0. The zero-order valence-corrected chi connectivity index (χ0v) is 3.44. The monoisotopic (exact) mass is 155 g/mol. The maximum atomic E-state index is 0. The van der Waals surface area contributed by atoms with Gasteiger partial charge in [0.1, 0.15) is 0 Å². The molecular formula is H2CuNiO2. The Morgan fingerprint density at radius 1 is 0.750 bits per heavy atom. The van der Waals surface area contributed by atoms with E-state index in [-0.39, 0.29) is 44.5 Å². The van der Waals surface area contributed by atoms with Crippen LogP contribution in [0.3, 0.4) is 0 Å². The van der Waals surface area contributed by atoms with Crippen LogP contribution >= 0.6 is 0 Å². The fourth-order valence-corrected chi connectivity index (χ4v) is 0. The van der Waals surface area contributed by atoms with Crippen molar-refractivity contribution in [2.75, 3.05) is 0 Å². The first-order valence-corrected chi connectivity index (χ1v) is 0. The van der Waals surface area contributed by atoms with Crippen molar-refractivity contribution < 1.29 is 44.5 Å². The van der Waals surface area contributed by atoms with E-state index in [4.69, 9.17) is 0 Å². The Kier molecular flexibility index (Phi) is 852. The molecule has 2 N–H and O–H groups in total. The first-order valence-electron chi connectivity index (χ1n) is 0. The van der Waals surface area contributed by atoms with Gasteiger partial charge < -0.3 is 11.0 Å². The molecule has 0 saturated heterocycles. The summed E-state index contributed by atoms with van der Waals surface area (Å²) in [5.74, 6) is 0. The zero-order valence-electron chi connectivity index (χ0n) is 1.51. The van der Waals surface area contributed by atoms with Crippen LogP contribution in [0, 0.1) is 0 Å². The van der Waals surface area contributed by atoms with Crippen LogP contribution < -0.4 is 0 Å². The first-order chi connectivity index (χ1) is 0. The molecule has 4 heavy (non-hydrogen) atoms. The summed E-state index contributed by atoms with van der Waals surface area (Å²) in [6.45, 7) is 0. The summed E-state index contributed by atoms with van der Waals surface area (Å²) in [7, 11) is 0. The van der Waals surface area contributed by atoms with Crippen LogP contribution in [0.15, 0.2) is 0 Å². The van der Waals surface area contributed by atoms with Crippen LogP contribution in [0.2, 0.25) is 0 Å². The molecule has 0 aliphatic rings. The summed E-state index contributed by atoms with van der Waals surface area (Å²) in [5.41, 5.74) is 0. The molecule has 0 spiro atoms. The number of hydrogen-bond donors (Lipinski definition) is 0. The molecule has 0 aromatic heterocycles. The van der Waals surface area contributed by atoms with E-state index >= 15 is 0 Å². The van der Waals surface area contributed by atoms with Crippen LogP contribution in [-0.4, -0.2) is 11.0 Å². The number of hydrogen-bond acceptors (Lipinski definition) is 2. The van der Waals surface area contributed by atoms with E-state index in [9.17, 15) is 0 Å². The van der Waals surface area contributed by atoms with Gasteiger partial charge in [-0.3, -0.25) is 0 Å². The first kappa shape index (κ1) is 87.7. The molecule has 1 radical (unpaired) electrons. The Balaban J connectivity index is 0. The van der Waals surface area contributed by atoms with Crippen LogP contribution in [0.4, 0.5) is 0 Å². The summed E-state index contributed by atoms with van der Waals surface area (Å²) in [5, 5.41) is 0. The third-order valence-corrected chi connectivity index (χ3v) is 0. The van der Waals surface area contributed by atoms with Gasteiger partial charge in [-0.2, -0.15) is 0 Å². The Labute approximate surface area is 45.0 Å². The van der Waals surface area contributed by atoms with Crippen molar-refractivity contribution in [1.29, 1.82) is 0 Å². The molecule has 0 fully saturated rings. The topological polar surface area (TPSA) is 60.0 Å². The minimum atomic E-state index is 0. The molecule has 0 aromatic rings. The second-order valence-electron chi connectivity index (χ2n) is 0. The molecule has 0 rings (SSSR count). The smallest absolute Gasteiger partial charge is 0.870 e. The van der Waals surface area contributed by atoms with E-state index < -0.39 is 0 Å². The molecule has 35 valence electrons. The van der Waals surface area contributed by atoms with Gasteiger partial charge >= 0.3 is 16.5 Å². The molecule has 0 aliphatic heterocycles. The van der Waals surface area contributed by atoms with Crippen LogP contribution in [0.5, 0.6) is 0 Å². The second-order valence-corrected chi connectivity index (χ2v) is 0. The molecule has 4 heteroatoms. The van der Waals surface area contributed by atoms with Crippen molar-refractivity contribution in [3.05, 3.63) is 0 Å². The van der Waals surface area contributed by atoms with Gasteiger partial charge in [0.05, 0.1) is 0 Å². The minimum Gasteiger partial charge on any atom is -0.870 e. The Bertz CT molecular complexity index is 6.00. The Morgan fingerprint density at radius 2 is 0.750 bits per heavy atom. The molecule has 0 amide bonds. The van der Waals surface area contributed by atoms with Gasteiger partial charge in [-0.25, -0.2) is 0 Å². The van der Waals surface area contributed by atoms with Gasteiger partial charge in [-0.1, -0.05) is 0 Å². The predicted molar refractivity (Wildman–Crippen MR) is 3.87 cm³/mol. The molecule has 2 nitrogen and oxygen atoms in total. The van der Waals surface area contributed by atoms with Crippen LogP contribution in [-0.2, 0) is 33.6 Å². The molecule has 0 heterocycles. The van der Waals surface area contributed by atoms with Gasteiger partial charge in [-0.05, 0) is 0 Å². The fourth-order valence-electron chi connectivity index (χ4n) is 0. The maximum Gasteiger partial charge on any atom is 2.00 e. The average molecular weight is 156 g/mol. The Morgan fingerprint density at radius 3 is 0.750 bits per heavy atom.